The predicted molar refractivity (Wildman–Crippen MR) is 87.5 cm³/mol. The second kappa shape index (κ2) is 8.29. The van der Waals surface area contributed by atoms with Crippen molar-refractivity contribution in [2.75, 3.05) is 39.8 Å². The summed E-state index contributed by atoms with van der Waals surface area (Å²) in [6.45, 7) is 9.69. The molecular formula is C16H29N5O. The topological polar surface area (TPSA) is 53.4 Å². The van der Waals surface area contributed by atoms with E-state index < -0.39 is 0 Å². The average molecular weight is 307 g/mol. The van der Waals surface area contributed by atoms with Gasteiger partial charge in [0.25, 0.3) is 0 Å². The van der Waals surface area contributed by atoms with Crippen molar-refractivity contribution >= 4 is 5.91 Å². The van der Waals surface area contributed by atoms with Crippen LogP contribution in [0.3, 0.4) is 0 Å². The number of hydrogen-bond acceptors (Lipinski definition) is 4. The summed E-state index contributed by atoms with van der Waals surface area (Å²) in [5, 5.41) is 3.19. The number of likely N-dealkylation sites (N-methyl/N-ethyl adjacent to an activating group) is 1. The van der Waals surface area contributed by atoms with Gasteiger partial charge in [-0.05, 0) is 32.5 Å². The highest BCUT2D eigenvalue weighted by Gasteiger charge is 2.19. The summed E-state index contributed by atoms with van der Waals surface area (Å²) in [6.07, 6.45) is 6.64. The zero-order chi connectivity index (χ0) is 15.9. The summed E-state index contributed by atoms with van der Waals surface area (Å²) >= 11 is 0. The fourth-order valence-electron chi connectivity index (χ4n) is 2.76. The molecule has 1 aromatic heterocycles. The molecule has 0 bridgehead atoms. The van der Waals surface area contributed by atoms with E-state index >= 15 is 0 Å². The highest BCUT2D eigenvalue weighted by Crippen LogP contribution is 2.06. The van der Waals surface area contributed by atoms with Crippen LogP contribution in [-0.2, 0) is 11.3 Å². The van der Waals surface area contributed by atoms with Crippen LogP contribution < -0.4 is 5.32 Å². The minimum Gasteiger partial charge on any atom is -0.350 e. The Labute approximate surface area is 133 Å². The third-order valence-corrected chi connectivity index (χ3v) is 4.30. The lowest BCUT2D eigenvalue weighted by Crippen LogP contribution is -2.46. The summed E-state index contributed by atoms with van der Waals surface area (Å²) in [4.78, 5) is 21.0. The number of nitrogens with zero attached hydrogens (tertiary/aromatic N) is 4. The van der Waals surface area contributed by atoms with E-state index in [1.54, 1.807) is 12.5 Å². The maximum atomic E-state index is 12.4. The zero-order valence-corrected chi connectivity index (χ0v) is 14.0. The molecular weight excluding hydrogens is 278 g/mol. The highest BCUT2D eigenvalue weighted by atomic mass is 16.2. The monoisotopic (exact) mass is 307 g/mol. The quantitative estimate of drug-likeness (QED) is 0.839. The molecule has 1 aliphatic heterocycles. The minimum absolute atomic E-state index is 0.128. The van der Waals surface area contributed by atoms with Crippen LogP contribution in [0.15, 0.2) is 18.7 Å². The molecule has 0 spiro atoms. The van der Waals surface area contributed by atoms with Gasteiger partial charge < -0.3 is 14.8 Å². The molecule has 0 aromatic carbocycles. The molecule has 22 heavy (non-hydrogen) atoms. The van der Waals surface area contributed by atoms with Crippen LogP contribution in [0, 0.1) is 5.92 Å². The summed E-state index contributed by atoms with van der Waals surface area (Å²) in [6, 6.07) is 0.136. The van der Waals surface area contributed by atoms with Gasteiger partial charge in [-0.15, -0.1) is 0 Å². The first-order valence-corrected chi connectivity index (χ1v) is 8.20. The lowest BCUT2D eigenvalue weighted by atomic mass is 10.0. The second-order valence-corrected chi connectivity index (χ2v) is 6.61. The van der Waals surface area contributed by atoms with Crippen LogP contribution in [0.5, 0.6) is 0 Å². The molecule has 1 unspecified atom stereocenters. The fraction of sp³-hybridized carbons (Fsp3) is 0.750. The summed E-state index contributed by atoms with van der Waals surface area (Å²) in [7, 11) is 2.14. The van der Waals surface area contributed by atoms with Gasteiger partial charge in [0, 0.05) is 38.1 Å². The van der Waals surface area contributed by atoms with Crippen molar-refractivity contribution in [1.82, 2.24) is 24.7 Å². The highest BCUT2D eigenvalue weighted by molar-refractivity contribution is 5.78. The van der Waals surface area contributed by atoms with Crippen molar-refractivity contribution in [3.63, 3.8) is 0 Å². The van der Waals surface area contributed by atoms with Crippen LogP contribution >= 0.6 is 0 Å². The summed E-state index contributed by atoms with van der Waals surface area (Å²) in [5.41, 5.74) is 0. The first-order valence-electron chi connectivity index (χ1n) is 8.20. The third kappa shape index (κ3) is 5.42. The van der Waals surface area contributed by atoms with Gasteiger partial charge >= 0.3 is 0 Å². The number of hydrogen-bond donors (Lipinski definition) is 1. The zero-order valence-electron chi connectivity index (χ0n) is 14.0. The van der Waals surface area contributed by atoms with Gasteiger partial charge in [-0.25, -0.2) is 4.98 Å². The van der Waals surface area contributed by atoms with Gasteiger partial charge in [-0.2, -0.15) is 0 Å². The molecule has 1 fully saturated rings. The average Bonchev–Trinajstić information content (AvgIpc) is 2.88. The van der Waals surface area contributed by atoms with E-state index in [0.717, 1.165) is 39.1 Å². The Morgan fingerprint density at radius 2 is 2.09 bits per heavy atom. The molecule has 6 nitrogen and oxygen atoms in total. The van der Waals surface area contributed by atoms with E-state index in [0.29, 0.717) is 12.5 Å². The van der Waals surface area contributed by atoms with Gasteiger partial charge in [0.2, 0.25) is 5.91 Å². The Hall–Kier alpha value is -1.40. The molecule has 0 radical (unpaired) electrons. The van der Waals surface area contributed by atoms with Crippen LogP contribution in [0.1, 0.15) is 20.3 Å². The molecule has 6 heteroatoms. The standard InChI is InChI=1S/C16H29N5O/c1-14(2)15(11-21-8-5-17-13-21)18-16(22)12-20-7-4-6-19(3)9-10-20/h5,8,13-15H,4,6-7,9-12H2,1-3H3,(H,18,22). The molecule has 1 aliphatic rings. The number of rotatable bonds is 6. The number of aromatic nitrogens is 2. The maximum Gasteiger partial charge on any atom is 0.234 e. The van der Waals surface area contributed by atoms with Crippen LogP contribution in [0.4, 0.5) is 0 Å². The first kappa shape index (κ1) is 17.0. The molecule has 1 amide bonds. The van der Waals surface area contributed by atoms with E-state index in [2.05, 4.69) is 41.0 Å². The minimum atomic E-state index is 0.128. The molecule has 0 aliphatic carbocycles. The molecule has 0 saturated carbocycles. The lowest BCUT2D eigenvalue weighted by Gasteiger charge is -2.25. The van der Waals surface area contributed by atoms with Crippen molar-refractivity contribution < 1.29 is 4.79 Å². The molecule has 2 heterocycles. The first-order chi connectivity index (χ1) is 10.5. The SMILES string of the molecule is CC(C)C(Cn1ccnc1)NC(=O)CN1CCCN(C)CC1. The van der Waals surface area contributed by atoms with Gasteiger partial charge in [0.05, 0.1) is 12.9 Å². The second-order valence-electron chi connectivity index (χ2n) is 6.61. The molecule has 1 atom stereocenters. The van der Waals surface area contributed by atoms with Crippen molar-refractivity contribution in [3.8, 4) is 0 Å². The van der Waals surface area contributed by atoms with Crippen molar-refractivity contribution in [3.05, 3.63) is 18.7 Å². The lowest BCUT2D eigenvalue weighted by molar-refractivity contribution is -0.123. The van der Waals surface area contributed by atoms with Gasteiger partial charge in [0.15, 0.2) is 0 Å². The Kier molecular flexibility index (Phi) is 6.39. The molecule has 1 N–H and O–H groups in total. The van der Waals surface area contributed by atoms with E-state index in [1.165, 1.54) is 0 Å². The van der Waals surface area contributed by atoms with E-state index in [1.807, 2.05) is 10.8 Å². The summed E-state index contributed by atoms with van der Waals surface area (Å²) in [5.74, 6) is 0.519. The van der Waals surface area contributed by atoms with Crippen molar-refractivity contribution in [1.29, 1.82) is 0 Å². The Morgan fingerprint density at radius 3 is 2.77 bits per heavy atom. The van der Waals surface area contributed by atoms with Gasteiger partial charge in [-0.3, -0.25) is 9.69 Å². The molecule has 1 saturated heterocycles. The number of carbonyl (C=O) groups is 1. The number of nitrogens with one attached hydrogen (secondary N) is 1. The van der Waals surface area contributed by atoms with Crippen molar-refractivity contribution in [2.24, 2.45) is 5.92 Å². The largest absolute Gasteiger partial charge is 0.350 e. The van der Waals surface area contributed by atoms with E-state index in [-0.39, 0.29) is 11.9 Å². The summed E-state index contributed by atoms with van der Waals surface area (Å²) < 4.78 is 2.02. The number of imidazole rings is 1. The Morgan fingerprint density at radius 1 is 1.27 bits per heavy atom. The van der Waals surface area contributed by atoms with Gasteiger partial charge in [-0.1, -0.05) is 13.8 Å². The normalized spacial score (nSPS) is 19.1. The van der Waals surface area contributed by atoms with Crippen LogP contribution in [-0.4, -0.2) is 71.1 Å². The van der Waals surface area contributed by atoms with Crippen molar-refractivity contribution in [2.45, 2.75) is 32.9 Å². The Balaban J connectivity index is 1.82. The predicted octanol–water partition coefficient (Wildman–Crippen LogP) is 0.661. The Bertz CT molecular complexity index is 445. The third-order valence-electron chi connectivity index (χ3n) is 4.30. The van der Waals surface area contributed by atoms with Crippen LogP contribution in [0.2, 0.25) is 0 Å². The molecule has 2 rings (SSSR count). The van der Waals surface area contributed by atoms with Gasteiger partial charge in [0.1, 0.15) is 0 Å². The number of amides is 1. The maximum absolute atomic E-state index is 12.4. The smallest absolute Gasteiger partial charge is 0.234 e. The molecule has 124 valence electrons. The number of carbonyl (C=O) groups excluding carboxylic acids is 1. The molecule has 1 aromatic rings. The van der Waals surface area contributed by atoms with E-state index in [9.17, 15) is 4.79 Å². The van der Waals surface area contributed by atoms with Crippen LogP contribution in [0.25, 0.3) is 0 Å². The fourth-order valence-corrected chi connectivity index (χ4v) is 2.76. The van der Waals surface area contributed by atoms with E-state index in [4.69, 9.17) is 0 Å².